The Morgan fingerprint density at radius 3 is 2.76 bits per heavy atom. The molecule has 2 aromatic rings. The van der Waals surface area contributed by atoms with Crippen molar-refractivity contribution in [1.29, 1.82) is 0 Å². The molecule has 0 spiro atoms. The molecule has 2 N–H and O–H groups in total. The van der Waals surface area contributed by atoms with Crippen molar-refractivity contribution in [3.63, 3.8) is 0 Å². The van der Waals surface area contributed by atoms with Crippen LogP contribution in [0.5, 0.6) is 0 Å². The largest absolute Gasteiger partial charge is 0.323 e. The minimum atomic E-state index is -0.0415. The SMILES string of the molecule is NC(CSc1cccc(Br)c1)c1cncnc1. The van der Waals surface area contributed by atoms with E-state index < -0.39 is 0 Å². The van der Waals surface area contributed by atoms with E-state index in [1.165, 1.54) is 11.2 Å². The van der Waals surface area contributed by atoms with E-state index in [2.05, 4.69) is 38.0 Å². The van der Waals surface area contributed by atoms with E-state index in [9.17, 15) is 0 Å². The second-order valence-electron chi connectivity index (χ2n) is 3.55. The topological polar surface area (TPSA) is 51.8 Å². The van der Waals surface area contributed by atoms with Gasteiger partial charge in [0, 0.05) is 39.1 Å². The number of aromatic nitrogens is 2. The van der Waals surface area contributed by atoms with E-state index in [0.29, 0.717) is 0 Å². The third kappa shape index (κ3) is 3.80. The first-order valence-electron chi connectivity index (χ1n) is 5.14. The Morgan fingerprint density at radius 1 is 1.29 bits per heavy atom. The molecule has 0 aliphatic carbocycles. The Labute approximate surface area is 113 Å². The molecule has 0 fully saturated rings. The Bertz CT molecular complexity index is 478. The summed E-state index contributed by atoms with van der Waals surface area (Å²) >= 11 is 5.18. The van der Waals surface area contributed by atoms with Gasteiger partial charge >= 0.3 is 0 Å². The predicted molar refractivity (Wildman–Crippen MR) is 73.8 cm³/mol. The molecule has 1 unspecified atom stereocenters. The van der Waals surface area contributed by atoms with E-state index in [1.54, 1.807) is 24.2 Å². The van der Waals surface area contributed by atoms with E-state index in [1.807, 2.05) is 12.1 Å². The van der Waals surface area contributed by atoms with Gasteiger partial charge in [-0.05, 0) is 18.2 Å². The highest BCUT2D eigenvalue weighted by molar-refractivity contribution is 9.10. The van der Waals surface area contributed by atoms with Crippen molar-refractivity contribution in [2.75, 3.05) is 5.75 Å². The van der Waals surface area contributed by atoms with Crippen LogP contribution in [-0.4, -0.2) is 15.7 Å². The molecular weight excluding hydrogens is 298 g/mol. The van der Waals surface area contributed by atoms with Crippen molar-refractivity contribution in [3.05, 3.63) is 53.0 Å². The van der Waals surface area contributed by atoms with Crippen molar-refractivity contribution >= 4 is 27.7 Å². The fraction of sp³-hybridized carbons (Fsp3) is 0.167. The van der Waals surface area contributed by atoms with Gasteiger partial charge in [-0.2, -0.15) is 0 Å². The molecule has 0 amide bonds. The highest BCUT2D eigenvalue weighted by atomic mass is 79.9. The summed E-state index contributed by atoms with van der Waals surface area (Å²) in [5.41, 5.74) is 7.04. The van der Waals surface area contributed by atoms with Crippen LogP contribution in [0.25, 0.3) is 0 Å². The fourth-order valence-corrected chi connectivity index (χ4v) is 2.84. The standard InChI is InChI=1S/C12H12BrN3S/c13-10-2-1-3-11(4-10)17-7-12(14)9-5-15-8-16-6-9/h1-6,8,12H,7,14H2. The van der Waals surface area contributed by atoms with E-state index in [4.69, 9.17) is 5.73 Å². The first kappa shape index (κ1) is 12.5. The average molecular weight is 310 g/mol. The zero-order chi connectivity index (χ0) is 12.1. The quantitative estimate of drug-likeness (QED) is 0.882. The minimum absolute atomic E-state index is 0.0415. The molecule has 2 rings (SSSR count). The molecule has 1 aromatic carbocycles. The summed E-state index contributed by atoms with van der Waals surface area (Å²) in [5, 5.41) is 0. The van der Waals surface area contributed by atoms with E-state index in [-0.39, 0.29) is 6.04 Å². The van der Waals surface area contributed by atoms with Crippen LogP contribution in [0, 0.1) is 0 Å². The van der Waals surface area contributed by atoms with Crippen LogP contribution in [0.3, 0.4) is 0 Å². The van der Waals surface area contributed by atoms with E-state index >= 15 is 0 Å². The summed E-state index contributed by atoms with van der Waals surface area (Å²) in [5.74, 6) is 0.809. The molecule has 0 radical (unpaired) electrons. The highest BCUT2D eigenvalue weighted by Crippen LogP contribution is 2.25. The maximum absolute atomic E-state index is 6.07. The van der Waals surface area contributed by atoms with Crippen LogP contribution in [0.15, 0.2) is 52.4 Å². The molecule has 0 aliphatic rings. The number of rotatable bonds is 4. The van der Waals surface area contributed by atoms with Gasteiger partial charge in [0.25, 0.3) is 0 Å². The van der Waals surface area contributed by atoms with Gasteiger partial charge in [0.2, 0.25) is 0 Å². The van der Waals surface area contributed by atoms with Gasteiger partial charge < -0.3 is 5.73 Å². The summed E-state index contributed by atoms with van der Waals surface area (Å²) in [4.78, 5) is 9.13. The number of nitrogens with two attached hydrogens (primary N) is 1. The van der Waals surface area contributed by atoms with Crippen LogP contribution in [0.4, 0.5) is 0 Å². The number of hydrogen-bond acceptors (Lipinski definition) is 4. The van der Waals surface area contributed by atoms with Crippen LogP contribution < -0.4 is 5.73 Å². The normalized spacial score (nSPS) is 12.4. The van der Waals surface area contributed by atoms with Crippen LogP contribution in [0.2, 0.25) is 0 Å². The lowest BCUT2D eigenvalue weighted by Crippen LogP contribution is -2.13. The van der Waals surface area contributed by atoms with Crippen LogP contribution >= 0.6 is 27.7 Å². The fourth-order valence-electron chi connectivity index (χ4n) is 1.34. The second kappa shape index (κ2) is 6.14. The van der Waals surface area contributed by atoms with Gasteiger partial charge in [0.05, 0.1) is 0 Å². The van der Waals surface area contributed by atoms with Gasteiger partial charge in [0.15, 0.2) is 0 Å². The molecular formula is C12H12BrN3S. The average Bonchev–Trinajstić information content (AvgIpc) is 2.37. The number of halogens is 1. The van der Waals surface area contributed by atoms with Crippen LogP contribution in [-0.2, 0) is 0 Å². The number of thioether (sulfide) groups is 1. The summed E-state index contributed by atoms with van der Waals surface area (Å²) < 4.78 is 1.08. The van der Waals surface area contributed by atoms with E-state index in [0.717, 1.165) is 15.8 Å². The summed E-state index contributed by atoms with van der Waals surface area (Å²) in [7, 11) is 0. The predicted octanol–water partition coefficient (Wildman–Crippen LogP) is 3.03. The maximum atomic E-state index is 6.07. The summed E-state index contributed by atoms with van der Waals surface area (Å²) in [6, 6.07) is 8.14. The van der Waals surface area contributed by atoms with Crippen molar-refractivity contribution in [3.8, 4) is 0 Å². The lowest BCUT2D eigenvalue weighted by atomic mass is 10.2. The summed E-state index contributed by atoms with van der Waals surface area (Å²) in [6.07, 6.45) is 5.04. The van der Waals surface area contributed by atoms with Crippen molar-refractivity contribution in [1.82, 2.24) is 9.97 Å². The van der Waals surface area contributed by atoms with Gasteiger partial charge in [-0.1, -0.05) is 22.0 Å². The molecule has 1 heterocycles. The first-order chi connectivity index (χ1) is 8.25. The van der Waals surface area contributed by atoms with Crippen molar-refractivity contribution in [2.45, 2.75) is 10.9 Å². The Morgan fingerprint density at radius 2 is 2.06 bits per heavy atom. The molecule has 88 valence electrons. The van der Waals surface area contributed by atoms with Gasteiger partial charge in [-0.25, -0.2) is 9.97 Å². The second-order valence-corrected chi connectivity index (χ2v) is 5.56. The Balaban J connectivity index is 1.95. The van der Waals surface area contributed by atoms with Crippen LogP contribution in [0.1, 0.15) is 11.6 Å². The number of nitrogens with zero attached hydrogens (tertiary/aromatic N) is 2. The first-order valence-corrected chi connectivity index (χ1v) is 6.92. The molecule has 0 aliphatic heterocycles. The molecule has 5 heteroatoms. The zero-order valence-electron chi connectivity index (χ0n) is 9.08. The zero-order valence-corrected chi connectivity index (χ0v) is 11.5. The molecule has 1 aromatic heterocycles. The van der Waals surface area contributed by atoms with Crippen molar-refractivity contribution < 1.29 is 0 Å². The third-order valence-electron chi connectivity index (χ3n) is 2.23. The summed E-state index contributed by atoms with van der Waals surface area (Å²) in [6.45, 7) is 0. The monoisotopic (exact) mass is 309 g/mol. The third-order valence-corrected chi connectivity index (χ3v) is 3.84. The minimum Gasteiger partial charge on any atom is -0.323 e. The maximum Gasteiger partial charge on any atom is 0.115 e. The van der Waals surface area contributed by atoms with Gasteiger partial charge in [0.1, 0.15) is 6.33 Å². The molecule has 0 saturated carbocycles. The molecule has 0 bridgehead atoms. The lowest BCUT2D eigenvalue weighted by molar-refractivity contribution is 0.814. The molecule has 3 nitrogen and oxygen atoms in total. The highest BCUT2D eigenvalue weighted by Gasteiger charge is 2.07. The smallest absolute Gasteiger partial charge is 0.115 e. The Hall–Kier alpha value is -0.910. The lowest BCUT2D eigenvalue weighted by Gasteiger charge is -2.10. The van der Waals surface area contributed by atoms with Gasteiger partial charge in [-0.15, -0.1) is 11.8 Å². The molecule has 17 heavy (non-hydrogen) atoms. The molecule has 0 saturated heterocycles. The van der Waals surface area contributed by atoms with Crippen molar-refractivity contribution in [2.24, 2.45) is 5.73 Å². The van der Waals surface area contributed by atoms with Gasteiger partial charge in [-0.3, -0.25) is 0 Å². The Kier molecular flexibility index (Phi) is 4.53. The number of benzene rings is 1. The molecule has 1 atom stereocenters. The number of hydrogen-bond donors (Lipinski definition) is 1.